The van der Waals surface area contributed by atoms with Gasteiger partial charge in [0.15, 0.2) is 0 Å². The van der Waals surface area contributed by atoms with Crippen molar-refractivity contribution in [2.75, 3.05) is 7.11 Å². The van der Waals surface area contributed by atoms with E-state index in [9.17, 15) is 0 Å². The Morgan fingerprint density at radius 1 is 0.960 bits per heavy atom. The van der Waals surface area contributed by atoms with Gasteiger partial charge in [0.05, 0.1) is 18.8 Å². The van der Waals surface area contributed by atoms with Crippen molar-refractivity contribution in [3.05, 3.63) is 66.8 Å². The van der Waals surface area contributed by atoms with E-state index in [1.165, 1.54) is 0 Å². The molecule has 1 aromatic carbocycles. The Morgan fingerprint density at radius 3 is 2.72 bits per heavy atom. The maximum Gasteiger partial charge on any atom is 0.230 e. The Balaban J connectivity index is 1.73. The van der Waals surface area contributed by atoms with E-state index in [1.54, 1.807) is 31.8 Å². The van der Waals surface area contributed by atoms with Gasteiger partial charge < -0.3 is 13.9 Å². The van der Waals surface area contributed by atoms with Gasteiger partial charge >= 0.3 is 0 Å². The number of methoxy groups -OCH3 is 1. The van der Waals surface area contributed by atoms with E-state index in [0.717, 1.165) is 27.8 Å². The molecular weight excluding hydrogens is 316 g/mol. The predicted molar refractivity (Wildman–Crippen MR) is 95.0 cm³/mol. The SMILES string of the molecule is COc1cc(Oc2nccc3occc23)ccc1-c1cccnc1C. The van der Waals surface area contributed by atoms with Crippen molar-refractivity contribution < 1.29 is 13.9 Å². The van der Waals surface area contributed by atoms with Crippen LogP contribution in [-0.2, 0) is 0 Å². The van der Waals surface area contributed by atoms with Crippen LogP contribution >= 0.6 is 0 Å². The van der Waals surface area contributed by atoms with Gasteiger partial charge in [0.2, 0.25) is 5.88 Å². The molecule has 0 atom stereocenters. The molecule has 5 heteroatoms. The number of aryl methyl sites for hydroxylation is 1. The number of hydrogen-bond donors (Lipinski definition) is 0. The summed E-state index contributed by atoms with van der Waals surface area (Å²) in [5.74, 6) is 1.86. The summed E-state index contributed by atoms with van der Waals surface area (Å²) in [6.45, 7) is 1.97. The van der Waals surface area contributed by atoms with Crippen LogP contribution in [0.3, 0.4) is 0 Å². The fraction of sp³-hybridized carbons (Fsp3) is 0.100. The largest absolute Gasteiger partial charge is 0.496 e. The monoisotopic (exact) mass is 332 g/mol. The molecule has 0 amide bonds. The molecule has 0 aliphatic rings. The summed E-state index contributed by atoms with van der Waals surface area (Å²) in [6.07, 6.45) is 5.06. The van der Waals surface area contributed by atoms with Gasteiger partial charge in [0.1, 0.15) is 17.1 Å². The van der Waals surface area contributed by atoms with Gasteiger partial charge in [-0.05, 0) is 37.3 Å². The second-order valence-corrected chi connectivity index (χ2v) is 5.55. The third-order valence-electron chi connectivity index (χ3n) is 4.03. The summed E-state index contributed by atoms with van der Waals surface area (Å²) in [6, 6.07) is 13.3. The van der Waals surface area contributed by atoms with Gasteiger partial charge in [-0.15, -0.1) is 0 Å². The predicted octanol–water partition coefficient (Wildman–Crippen LogP) is 5.00. The van der Waals surface area contributed by atoms with Crippen molar-refractivity contribution in [3.63, 3.8) is 0 Å². The Labute approximate surface area is 144 Å². The summed E-state index contributed by atoms with van der Waals surface area (Å²) < 4.78 is 16.9. The Bertz CT molecular complexity index is 1040. The van der Waals surface area contributed by atoms with Gasteiger partial charge in [-0.25, -0.2) is 4.98 Å². The lowest BCUT2D eigenvalue weighted by atomic mass is 10.0. The fourth-order valence-electron chi connectivity index (χ4n) is 2.79. The fourth-order valence-corrected chi connectivity index (χ4v) is 2.79. The maximum atomic E-state index is 5.95. The molecule has 0 radical (unpaired) electrons. The number of pyridine rings is 2. The summed E-state index contributed by atoms with van der Waals surface area (Å²) in [5, 5.41) is 0.827. The average Bonchev–Trinajstić information content (AvgIpc) is 3.12. The van der Waals surface area contributed by atoms with Gasteiger partial charge in [-0.2, -0.15) is 0 Å². The van der Waals surface area contributed by atoms with Crippen molar-refractivity contribution in [2.45, 2.75) is 6.92 Å². The van der Waals surface area contributed by atoms with Crippen LogP contribution in [0.2, 0.25) is 0 Å². The molecule has 0 aliphatic heterocycles. The highest BCUT2D eigenvalue weighted by Gasteiger charge is 2.12. The number of rotatable bonds is 4. The van der Waals surface area contributed by atoms with Crippen LogP contribution in [0.15, 0.2) is 65.5 Å². The molecule has 0 saturated carbocycles. The smallest absolute Gasteiger partial charge is 0.230 e. The van der Waals surface area contributed by atoms with Crippen LogP contribution in [0.1, 0.15) is 5.69 Å². The molecular formula is C20H16N2O3. The number of aromatic nitrogens is 2. The van der Waals surface area contributed by atoms with Crippen LogP contribution in [0.4, 0.5) is 0 Å². The number of benzene rings is 1. The second-order valence-electron chi connectivity index (χ2n) is 5.55. The number of hydrogen-bond acceptors (Lipinski definition) is 5. The molecule has 3 aromatic heterocycles. The summed E-state index contributed by atoms with van der Waals surface area (Å²) in [7, 11) is 1.64. The Hall–Kier alpha value is -3.34. The second kappa shape index (κ2) is 6.28. The summed E-state index contributed by atoms with van der Waals surface area (Å²) >= 11 is 0. The molecule has 3 heterocycles. The van der Waals surface area contributed by atoms with E-state index < -0.39 is 0 Å². The minimum absolute atomic E-state index is 0.499. The molecule has 0 saturated heterocycles. The minimum atomic E-state index is 0.499. The number of furan rings is 1. The van der Waals surface area contributed by atoms with Crippen molar-refractivity contribution in [1.29, 1.82) is 0 Å². The highest BCUT2D eigenvalue weighted by atomic mass is 16.5. The van der Waals surface area contributed by atoms with Crippen molar-refractivity contribution in [2.24, 2.45) is 0 Å². The molecule has 25 heavy (non-hydrogen) atoms. The molecule has 0 unspecified atom stereocenters. The zero-order chi connectivity index (χ0) is 17.2. The topological polar surface area (TPSA) is 57.4 Å². The van der Waals surface area contributed by atoms with E-state index in [-0.39, 0.29) is 0 Å². The number of fused-ring (bicyclic) bond motifs is 1. The first-order valence-corrected chi connectivity index (χ1v) is 7.86. The van der Waals surface area contributed by atoms with Crippen molar-refractivity contribution in [3.8, 4) is 28.5 Å². The van der Waals surface area contributed by atoms with E-state index in [0.29, 0.717) is 17.4 Å². The lowest BCUT2D eigenvalue weighted by Crippen LogP contribution is -1.94. The van der Waals surface area contributed by atoms with Crippen LogP contribution in [-0.4, -0.2) is 17.1 Å². The standard InChI is InChI=1S/C20H16N2O3/c1-13-15(4-3-9-21-13)16-6-5-14(12-19(16)23-2)25-20-17-8-11-24-18(17)7-10-22-20/h3-12H,1-2H3. The maximum absolute atomic E-state index is 5.95. The third kappa shape index (κ3) is 2.80. The van der Waals surface area contributed by atoms with E-state index in [2.05, 4.69) is 9.97 Å². The average molecular weight is 332 g/mol. The molecule has 4 aromatic rings. The van der Waals surface area contributed by atoms with Crippen molar-refractivity contribution >= 4 is 11.0 Å². The highest BCUT2D eigenvalue weighted by Crippen LogP contribution is 2.36. The lowest BCUT2D eigenvalue weighted by molar-refractivity contribution is 0.409. The molecule has 0 spiro atoms. The molecule has 4 rings (SSSR count). The normalized spacial score (nSPS) is 10.8. The van der Waals surface area contributed by atoms with Crippen molar-refractivity contribution in [1.82, 2.24) is 9.97 Å². The zero-order valence-corrected chi connectivity index (χ0v) is 13.9. The minimum Gasteiger partial charge on any atom is -0.496 e. The zero-order valence-electron chi connectivity index (χ0n) is 13.9. The Morgan fingerprint density at radius 2 is 1.88 bits per heavy atom. The van der Waals surface area contributed by atoms with Crippen LogP contribution in [0, 0.1) is 6.92 Å². The molecule has 124 valence electrons. The molecule has 0 bridgehead atoms. The molecule has 0 aliphatic carbocycles. The van der Waals surface area contributed by atoms with Crippen LogP contribution in [0.25, 0.3) is 22.1 Å². The molecule has 0 N–H and O–H groups in total. The first kappa shape index (κ1) is 15.2. The van der Waals surface area contributed by atoms with Crippen LogP contribution < -0.4 is 9.47 Å². The third-order valence-corrected chi connectivity index (χ3v) is 4.03. The first-order valence-electron chi connectivity index (χ1n) is 7.86. The molecule has 0 fully saturated rings. The summed E-state index contributed by atoms with van der Waals surface area (Å²) in [5.41, 5.74) is 3.68. The number of ether oxygens (including phenoxy) is 2. The summed E-state index contributed by atoms with van der Waals surface area (Å²) in [4.78, 5) is 8.63. The van der Waals surface area contributed by atoms with Crippen LogP contribution in [0.5, 0.6) is 17.4 Å². The lowest BCUT2D eigenvalue weighted by Gasteiger charge is -2.13. The van der Waals surface area contributed by atoms with E-state index >= 15 is 0 Å². The quantitative estimate of drug-likeness (QED) is 0.526. The number of nitrogens with zero attached hydrogens (tertiary/aromatic N) is 2. The van der Waals surface area contributed by atoms with E-state index in [1.807, 2.05) is 43.3 Å². The Kier molecular flexibility index (Phi) is 3.82. The van der Waals surface area contributed by atoms with E-state index in [4.69, 9.17) is 13.9 Å². The van der Waals surface area contributed by atoms with Gasteiger partial charge in [-0.1, -0.05) is 6.07 Å². The van der Waals surface area contributed by atoms with Gasteiger partial charge in [0, 0.05) is 35.3 Å². The van der Waals surface area contributed by atoms with Gasteiger partial charge in [-0.3, -0.25) is 4.98 Å². The first-order chi connectivity index (χ1) is 12.3. The highest BCUT2D eigenvalue weighted by molar-refractivity contribution is 5.82. The molecule has 5 nitrogen and oxygen atoms in total. The van der Waals surface area contributed by atoms with Gasteiger partial charge in [0.25, 0.3) is 0 Å².